The molecule has 208 valence electrons. The number of sulfonamides is 1. The summed E-state index contributed by atoms with van der Waals surface area (Å²) < 4.78 is 37.4. The summed E-state index contributed by atoms with van der Waals surface area (Å²) in [6.45, 7) is 5.92. The number of nitrogens with one attached hydrogen (secondary N) is 1. The number of aromatic nitrogens is 1. The van der Waals surface area contributed by atoms with Crippen LogP contribution < -0.4 is 14.4 Å². The monoisotopic (exact) mass is 556 g/mol. The largest absolute Gasteiger partial charge is 0.497 e. The molecule has 4 heterocycles. The summed E-state index contributed by atoms with van der Waals surface area (Å²) in [6, 6.07) is 18.6. The summed E-state index contributed by atoms with van der Waals surface area (Å²) in [5.41, 5.74) is 2.70. The highest BCUT2D eigenvalue weighted by Gasteiger charge is 2.44. The first-order chi connectivity index (χ1) is 19.3. The van der Waals surface area contributed by atoms with E-state index in [1.54, 1.807) is 19.4 Å². The van der Waals surface area contributed by atoms with Crippen molar-refractivity contribution in [3.8, 4) is 5.75 Å². The number of anilines is 1. The first kappa shape index (κ1) is 26.7. The van der Waals surface area contributed by atoms with Crippen molar-refractivity contribution < 1.29 is 13.2 Å². The Kier molecular flexibility index (Phi) is 7.02. The van der Waals surface area contributed by atoms with Crippen LogP contribution in [0.15, 0.2) is 84.4 Å². The molecule has 7 rings (SSSR count). The Morgan fingerprint density at radius 1 is 1.10 bits per heavy atom. The van der Waals surface area contributed by atoms with E-state index in [0.29, 0.717) is 23.0 Å². The maximum Gasteiger partial charge on any atom is 0.241 e. The molecule has 3 aliphatic rings. The molecule has 1 N–H and O–H groups in total. The third kappa shape index (κ3) is 4.64. The molecule has 4 aromatic rings. The summed E-state index contributed by atoms with van der Waals surface area (Å²) >= 11 is 0. The van der Waals surface area contributed by atoms with Gasteiger partial charge in [-0.3, -0.25) is 9.88 Å². The predicted molar refractivity (Wildman–Crippen MR) is 161 cm³/mol. The summed E-state index contributed by atoms with van der Waals surface area (Å²) in [5.74, 6) is 1.63. The molecule has 5 atom stereocenters. The number of methoxy groups -OCH3 is 1. The van der Waals surface area contributed by atoms with Crippen molar-refractivity contribution in [3.05, 3.63) is 85.1 Å². The van der Waals surface area contributed by atoms with Gasteiger partial charge < -0.3 is 9.64 Å². The molecule has 3 fully saturated rings. The van der Waals surface area contributed by atoms with Gasteiger partial charge in [0.25, 0.3) is 0 Å². The molecule has 2 unspecified atom stereocenters. The predicted octanol–water partition coefficient (Wildman–Crippen LogP) is 5.38. The Hall–Kier alpha value is -3.46. The second-order valence-electron chi connectivity index (χ2n) is 11.2. The number of hydrogen-bond donors (Lipinski definition) is 1. The molecule has 0 saturated carbocycles. The van der Waals surface area contributed by atoms with Crippen molar-refractivity contribution in [2.45, 2.75) is 29.8 Å². The Labute approximate surface area is 236 Å². The second kappa shape index (κ2) is 10.5. The molecule has 1 aromatic heterocycles. The fraction of sp³-hybridized carbons (Fsp3) is 0.344. The normalized spacial score (nSPS) is 23.3. The van der Waals surface area contributed by atoms with Crippen molar-refractivity contribution in [1.29, 1.82) is 0 Å². The minimum Gasteiger partial charge on any atom is -0.497 e. The van der Waals surface area contributed by atoms with Crippen LogP contribution in [0.4, 0.5) is 5.69 Å². The van der Waals surface area contributed by atoms with E-state index in [2.05, 4.69) is 27.3 Å². The number of pyridine rings is 1. The molecule has 40 heavy (non-hydrogen) atoms. The number of piperidine rings is 3. The Morgan fingerprint density at radius 2 is 1.90 bits per heavy atom. The van der Waals surface area contributed by atoms with E-state index in [1.165, 1.54) is 0 Å². The van der Waals surface area contributed by atoms with Crippen LogP contribution in [0, 0.1) is 11.8 Å². The van der Waals surface area contributed by atoms with Gasteiger partial charge in [-0.15, -0.1) is 6.58 Å². The number of benzene rings is 3. The van der Waals surface area contributed by atoms with Crippen molar-refractivity contribution in [2.24, 2.45) is 11.8 Å². The van der Waals surface area contributed by atoms with Crippen molar-refractivity contribution in [2.75, 3.05) is 39.2 Å². The summed E-state index contributed by atoms with van der Waals surface area (Å²) in [7, 11) is 1.66. The van der Waals surface area contributed by atoms with Gasteiger partial charge in [-0.2, -0.15) is 0 Å². The van der Waals surface area contributed by atoms with E-state index in [0.717, 1.165) is 53.5 Å². The van der Waals surface area contributed by atoms with Crippen molar-refractivity contribution in [1.82, 2.24) is 14.6 Å². The zero-order valence-corrected chi connectivity index (χ0v) is 24.1. The smallest absolute Gasteiger partial charge is 0.241 e. The van der Waals surface area contributed by atoms with Gasteiger partial charge in [-0.05, 0) is 73.2 Å². The summed E-state index contributed by atoms with van der Waals surface area (Å²) in [5, 5.41) is 2.50. The van der Waals surface area contributed by atoms with E-state index < -0.39 is 16.1 Å². The number of rotatable bonds is 8. The fourth-order valence-corrected chi connectivity index (χ4v) is 8.21. The van der Waals surface area contributed by atoms with E-state index >= 15 is 0 Å². The zero-order valence-electron chi connectivity index (χ0n) is 23.2. The second-order valence-corrected chi connectivity index (χ2v) is 12.8. The highest BCUT2D eigenvalue weighted by molar-refractivity contribution is 7.89. The third-order valence-corrected chi connectivity index (χ3v) is 10.3. The van der Waals surface area contributed by atoms with E-state index in [1.807, 2.05) is 73.6 Å². The van der Waals surface area contributed by atoms with Crippen LogP contribution in [0.2, 0.25) is 0 Å². The average molecular weight is 557 g/mol. The maximum absolute atomic E-state index is 14.3. The molecule has 7 nitrogen and oxygen atoms in total. The first-order valence-electron chi connectivity index (χ1n) is 13.8. The molecule has 0 spiro atoms. The maximum atomic E-state index is 14.3. The summed E-state index contributed by atoms with van der Waals surface area (Å²) in [6.07, 6.45) is 5.85. The third-order valence-electron chi connectivity index (χ3n) is 8.77. The molecule has 8 heteroatoms. The fourth-order valence-electron chi connectivity index (χ4n) is 6.74. The molecule has 3 aliphatic heterocycles. The number of fused-ring (bicyclic) bond motifs is 5. The average Bonchev–Trinajstić information content (AvgIpc) is 2.98. The lowest BCUT2D eigenvalue weighted by molar-refractivity contribution is 0.00490. The Morgan fingerprint density at radius 3 is 2.62 bits per heavy atom. The van der Waals surface area contributed by atoms with E-state index in [4.69, 9.17) is 4.74 Å². The van der Waals surface area contributed by atoms with Crippen molar-refractivity contribution >= 4 is 37.4 Å². The van der Waals surface area contributed by atoms with Gasteiger partial charge in [-0.1, -0.05) is 30.3 Å². The van der Waals surface area contributed by atoms with Gasteiger partial charge in [0, 0.05) is 54.7 Å². The first-order valence-corrected chi connectivity index (χ1v) is 15.3. The number of ether oxygens (including phenoxy) is 1. The van der Waals surface area contributed by atoms with Gasteiger partial charge in [0.1, 0.15) is 5.75 Å². The lowest BCUT2D eigenvalue weighted by Gasteiger charge is -2.51. The number of hydrogen-bond acceptors (Lipinski definition) is 6. The zero-order chi connectivity index (χ0) is 28.0. The van der Waals surface area contributed by atoms with Crippen LogP contribution in [0.1, 0.15) is 24.4 Å². The van der Waals surface area contributed by atoms with Crippen LogP contribution in [0.5, 0.6) is 5.75 Å². The van der Waals surface area contributed by atoms with Gasteiger partial charge in [0.15, 0.2) is 0 Å². The van der Waals surface area contributed by atoms with Gasteiger partial charge >= 0.3 is 0 Å². The molecule has 3 aromatic carbocycles. The quantitative estimate of drug-likeness (QED) is 0.294. The molecule has 3 saturated heterocycles. The number of nitrogens with zero attached hydrogens (tertiary/aromatic N) is 3. The summed E-state index contributed by atoms with van der Waals surface area (Å²) in [4.78, 5) is 9.31. The Balaban J connectivity index is 1.49. The van der Waals surface area contributed by atoms with E-state index in [-0.39, 0.29) is 10.9 Å². The van der Waals surface area contributed by atoms with Crippen molar-refractivity contribution in [3.63, 3.8) is 0 Å². The highest BCUT2D eigenvalue weighted by Crippen LogP contribution is 2.43. The molecule has 0 aliphatic carbocycles. The lowest BCUT2D eigenvalue weighted by Crippen LogP contribution is -2.57. The molecular formula is C32H36N4O3S. The lowest BCUT2D eigenvalue weighted by atomic mass is 9.73. The molecular weight excluding hydrogens is 520 g/mol. The molecule has 0 radical (unpaired) electrons. The van der Waals surface area contributed by atoms with E-state index in [9.17, 15) is 8.42 Å². The highest BCUT2D eigenvalue weighted by atomic mass is 32.2. The van der Waals surface area contributed by atoms with Gasteiger partial charge in [-0.25, -0.2) is 13.1 Å². The SMILES string of the molecule is C=C[C@H]1CN2CC[C@H]1C[C@@H]2C(NS(=O)(=O)c1cccc2c(N(C)C)cccc12)c1ccnc2ccc(OC)cc12. The van der Waals surface area contributed by atoms with Gasteiger partial charge in [0.05, 0.1) is 23.6 Å². The van der Waals surface area contributed by atoms with Crippen LogP contribution in [-0.4, -0.2) is 58.6 Å². The minimum atomic E-state index is -3.91. The standard InChI is InChI=1S/C32H36N4O3S/c1-5-21-20-36-17-15-22(21)18-30(36)32(26-14-16-33-28-13-12-23(39-4)19-27(26)28)34-40(37,38)31-11-7-8-24-25(31)9-6-10-29(24)35(2)3/h5-14,16,19,21-22,30,32,34H,1,15,17-18,20H2,2-4H3/t21-,22-,30+,32?/m0/s1. The molecule has 2 bridgehead atoms. The molecule has 0 amide bonds. The van der Waals surface area contributed by atoms with Gasteiger partial charge in [0.2, 0.25) is 10.0 Å². The Bertz CT molecular complexity index is 1690. The van der Waals surface area contributed by atoms with Crippen LogP contribution in [0.25, 0.3) is 21.7 Å². The van der Waals surface area contributed by atoms with Crippen LogP contribution in [-0.2, 0) is 10.0 Å². The topological polar surface area (TPSA) is 74.8 Å². The van der Waals surface area contributed by atoms with Crippen LogP contribution >= 0.6 is 0 Å². The van der Waals surface area contributed by atoms with Crippen LogP contribution in [0.3, 0.4) is 0 Å². The minimum absolute atomic E-state index is 0.00818.